The molecule has 0 radical (unpaired) electrons. The molecule has 3 nitrogen and oxygen atoms in total. The van der Waals surface area contributed by atoms with Crippen LogP contribution >= 0.6 is 0 Å². The third kappa shape index (κ3) is 2.87. The Morgan fingerprint density at radius 2 is 2.00 bits per heavy atom. The molecular weight excluding hydrogens is 224 g/mol. The normalized spacial score (nSPS) is 29.8. The Hall–Kier alpha value is -0.570. The van der Waals surface area contributed by atoms with E-state index in [4.69, 9.17) is 0 Å². The first-order valence-corrected chi connectivity index (χ1v) is 7.70. The summed E-state index contributed by atoms with van der Waals surface area (Å²) in [5.74, 6) is 1.59. The summed E-state index contributed by atoms with van der Waals surface area (Å²) < 4.78 is 0. The van der Waals surface area contributed by atoms with Crippen molar-refractivity contribution in [3.63, 3.8) is 0 Å². The molecule has 2 unspecified atom stereocenters. The number of hydrogen-bond donors (Lipinski definition) is 1. The first kappa shape index (κ1) is 13.9. The van der Waals surface area contributed by atoms with Gasteiger partial charge in [0, 0.05) is 6.54 Å². The highest BCUT2D eigenvalue weighted by Gasteiger charge is 2.39. The minimum atomic E-state index is 0.0403. The molecule has 1 aliphatic heterocycles. The van der Waals surface area contributed by atoms with Crippen LogP contribution in [0.1, 0.15) is 59.3 Å². The number of amides is 1. The molecule has 2 fully saturated rings. The molecule has 0 spiro atoms. The first-order chi connectivity index (χ1) is 8.63. The summed E-state index contributed by atoms with van der Waals surface area (Å²) in [5, 5.41) is 3.49. The SMILES string of the molecule is CCC1NC(C(C)C)C(=O)N1CCC1CCCC1. The Labute approximate surface area is 111 Å². The predicted octanol–water partition coefficient (Wildman–Crippen LogP) is 2.76. The number of hydrogen-bond acceptors (Lipinski definition) is 2. The maximum Gasteiger partial charge on any atom is 0.241 e. The van der Waals surface area contributed by atoms with Crippen molar-refractivity contribution in [3.8, 4) is 0 Å². The lowest BCUT2D eigenvalue weighted by molar-refractivity contribution is -0.130. The van der Waals surface area contributed by atoms with Crippen molar-refractivity contribution in [2.24, 2.45) is 11.8 Å². The van der Waals surface area contributed by atoms with Gasteiger partial charge in [-0.05, 0) is 24.7 Å². The molecule has 1 heterocycles. The predicted molar refractivity (Wildman–Crippen MR) is 74.1 cm³/mol. The van der Waals surface area contributed by atoms with E-state index in [1.54, 1.807) is 0 Å². The maximum atomic E-state index is 12.4. The van der Waals surface area contributed by atoms with E-state index >= 15 is 0 Å². The summed E-state index contributed by atoms with van der Waals surface area (Å²) in [6, 6.07) is 0.0403. The van der Waals surface area contributed by atoms with Crippen LogP contribution in [0.3, 0.4) is 0 Å². The highest BCUT2D eigenvalue weighted by Crippen LogP contribution is 2.29. The van der Waals surface area contributed by atoms with E-state index in [0.29, 0.717) is 11.8 Å². The topological polar surface area (TPSA) is 32.3 Å². The van der Waals surface area contributed by atoms with Crippen LogP contribution in [-0.2, 0) is 4.79 Å². The molecule has 0 aromatic rings. The van der Waals surface area contributed by atoms with Crippen molar-refractivity contribution < 1.29 is 4.79 Å². The van der Waals surface area contributed by atoms with Gasteiger partial charge in [-0.15, -0.1) is 0 Å². The largest absolute Gasteiger partial charge is 0.326 e. The van der Waals surface area contributed by atoms with E-state index in [-0.39, 0.29) is 12.2 Å². The molecule has 1 N–H and O–H groups in total. The van der Waals surface area contributed by atoms with Crippen LogP contribution in [-0.4, -0.2) is 29.6 Å². The Kier molecular flexibility index (Phi) is 4.66. The molecule has 0 bridgehead atoms. The van der Waals surface area contributed by atoms with Gasteiger partial charge in [-0.3, -0.25) is 10.1 Å². The molecule has 2 aliphatic rings. The summed E-state index contributed by atoms with van der Waals surface area (Å²) in [5.41, 5.74) is 0. The maximum absolute atomic E-state index is 12.4. The van der Waals surface area contributed by atoms with Crippen molar-refractivity contribution in [2.75, 3.05) is 6.54 Å². The van der Waals surface area contributed by atoms with Crippen molar-refractivity contribution in [1.29, 1.82) is 0 Å². The Bertz CT molecular complexity index is 284. The standard InChI is InChI=1S/C15H28N2O/c1-4-13-16-14(11(2)3)15(18)17(13)10-9-12-7-5-6-8-12/h11-14,16H,4-10H2,1-3H3. The highest BCUT2D eigenvalue weighted by molar-refractivity contribution is 5.84. The van der Waals surface area contributed by atoms with Crippen molar-refractivity contribution in [1.82, 2.24) is 10.2 Å². The minimum absolute atomic E-state index is 0.0403. The smallest absolute Gasteiger partial charge is 0.241 e. The zero-order valence-corrected chi connectivity index (χ0v) is 12.1. The molecule has 1 saturated carbocycles. The molecule has 3 heteroatoms. The Morgan fingerprint density at radius 3 is 2.56 bits per heavy atom. The van der Waals surface area contributed by atoms with Gasteiger partial charge in [0.05, 0.1) is 12.2 Å². The quantitative estimate of drug-likeness (QED) is 0.816. The summed E-state index contributed by atoms with van der Waals surface area (Å²) in [6.45, 7) is 7.37. The molecule has 18 heavy (non-hydrogen) atoms. The van der Waals surface area contributed by atoms with Crippen LogP contribution < -0.4 is 5.32 Å². The van der Waals surface area contributed by atoms with Crippen LogP contribution in [0.15, 0.2) is 0 Å². The molecule has 1 amide bonds. The summed E-state index contributed by atoms with van der Waals surface area (Å²) >= 11 is 0. The van der Waals surface area contributed by atoms with Crippen LogP contribution in [0.5, 0.6) is 0 Å². The van der Waals surface area contributed by atoms with Crippen molar-refractivity contribution in [2.45, 2.75) is 71.5 Å². The molecule has 0 aromatic carbocycles. The third-order valence-electron chi connectivity index (χ3n) is 4.60. The van der Waals surface area contributed by atoms with E-state index in [9.17, 15) is 4.79 Å². The van der Waals surface area contributed by atoms with Gasteiger partial charge in [0.1, 0.15) is 0 Å². The monoisotopic (exact) mass is 252 g/mol. The van der Waals surface area contributed by atoms with Gasteiger partial charge >= 0.3 is 0 Å². The summed E-state index contributed by atoms with van der Waals surface area (Å²) in [4.78, 5) is 14.5. The molecule has 2 rings (SSSR count). The lowest BCUT2D eigenvalue weighted by Gasteiger charge is -2.24. The van der Waals surface area contributed by atoms with Gasteiger partial charge in [0.25, 0.3) is 0 Å². The second kappa shape index (κ2) is 6.05. The molecule has 2 atom stereocenters. The van der Waals surface area contributed by atoms with Crippen LogP contribution in [0.25, 0.3) is 0 Å². The summed E-state index contributed by atoms with van der Waals surface area (Å²) in [7, 11) is 0. The number of nitrogens with one attached hydrogen (secondary N) is 1. The Balaban J connectivity index is 1.90. The van der Waals surface area contributed by atoms with E-state index < -0.39 is 0 Å². The number of nitrogens with zero attached hydrogens (tertiary/aromatic N) is 1. The van der Waals surface area contributed by atoms with Crippen LogP contribution in [0.2, 0.25) is 0 Å². The van der Waals surface area contributed by atoms with Gasteiger partial charge in [-0.1, -0.05) is 46.5 Å². The third-order valence-corrected chi connectivity index (χ3v) is 4.60. The summed E-state index contributed by atoms with van der Waals surface area (Å²) in [6.07, 6.45) is 8.02. The van der Waals surface area contributed by atoms with Gasteiger partial charge < -0.3 is 4.90 Å². The van der Waals surface area contributed by atoms with Gasteiger partial charge in [0.15, 0.2) is 0 Å². The second-order valence-corrected chi connectivity index (χ2v) is 6.28. The zero-order chi connectivity index (χ0) is 13.1. The first-order valence-electron chi connectivity index (χ1n) is 7.70. The van der Waals surface area contributed by atoms with E-state index in [1.807, 2.05) is 0 Å². The highest BCUT2D eigenvalue weighted by atomic mass is 16.2. The minimum Gasteiger partial charge on any atom is -0.326 e. The fraction of sp³-hybridized carbons (Fsp3) is 0.933. The number of carbonyl (C=O) groups is 1. The molecule has 104 valence electrons. The number of carbonyl (C=O) groups excluding carboxylic acids is 1. The fourth-order valence-electron chi connectivity index (χ4n) is 3.40. The fourth-order valence-corrected chi connectivity index (χ4v) is 3.40. The molecule has 1 saturated heterocycles. The molecule has 0 aromatic heterocycles. The average molecular weight is 252 g/mol. The van der Waals surface area contributed by atoms with Crippen molar-refractivity contribution in [3.05, 3.63) is 0 Å². The van der Waals surface area contributed by atoms with Crippen molar-refractivity contribution >= 4 is 5.91 Å². The number of rotatable bonds is 5. The lowest BCUT2D eigenvalue weighted by atomic mass is 10.0. The van der Waals surface area contributed by atoms with Crippen LogP contribution in [0, 0.1) is 11.8 Å². The van der Waals surface area contributed by atoms with E-state index in [0.717, 1.165) is 18.9 Å². The van der Waals surface area contributed by atoms with Gasteiger partial charge in [-0.25, -0.2) is 0 Å². The van der Waals surface area contributed by atoms with Gasteiger partial charge in [0.2, 0.25) is 5.91 Å². The molecular formula is C15H28N2O. The average Bonchev–Trinajstić information content (AvgIpc) is 2.94. The van der Waals surface area contributed by atoms with E-state index in [2.05, 4.69) is 31.0 Å². The lowest BCUT2D eigenvalue weighted by Crippen LogP contribution is -2.38. The zero-order valence-electron chi connectivity index (χ0n) is 12.1. The van der Waals surface area contributed by atoms with Gasteiger partial charge in [-0.2, -0.15) is 0 Å². The molecule has 1 aliphatic carbocycles. The van der Waals surface area contributed by atoms with E-state index in [1.165, 1.54) is 32.1 Å². The second-order valence-electron chi connectivity index (χ2n) is 6.28. The van der Waals surface area contributed by atoms with Crippen LogP contribution in [0.4, 0.5) is 0 Å². The Morgan fingerprint density at radius 1 is 1.33 bits per heavy atom.